The molecule has 3 atom stereocenters. The molecule has 0 aromatic heterocycles. The smallest absolute Gasteiger partial charge is 0.129 e. The fourth-order valence-corrected chi connectivity index (χ4v) is 5.44. The third-order valence-electron chi connectivity index (χ3n) is 6.60. The molecule has 1 heterocycles. The SMILES string of the molecule is Cc1cccc2c1CC[C@@H](CN1CCCCC1c1c(F)cccc1Cl)C[C@H]2O.Cl. The van der Waals surface area contributed by atoms with Gasteiger partial charge in [-0.2, -0.15) is 0 Å². The highest BCUT2D eigenvalue weighted by atomic mass is 35.5. The molecule has 2 aliphatic rings. The van der Waals surface area contributed by atoms with E-state index in [9.17, 15) is 9.50 Å². The van der Waals surface area contributed by atoms with Crippen molar-refractivity contribution in [3.8, 4) is 0 Å². The second kappa shape index (κ2) is 9.78. The highest BCUT2D eigenvalue weighted by Gasteiger charge is 2.31. The lowest BCUT2D eigenvalue weighted by atomic mass is 9.91. The van der Waals surface area contributed by atoms with Gasteiger partial charge in [-0.3, -0.25) is 4.90 Å². The van der Waals surface area contributed by atoms with Crippen LogP contribution >= 0.6 is 24.0 Å². The van der Waals surface area contributed by atoms with Crippen molar-refractivity contribution in [3.63, 3.8) is 0 Å². The number of piperidine rings is 1. The largest absolute Gasteiger partial charge is 0.388 e. The van der Waals surface area contributed by atoms with E-state index in [1.165, 1.54) is 17.2 Å². The number of nitrogens with zero attached hydrogens (tertiary/aromatic N) is 1. The Morgan fingerprint density at radius 1 is 1.14 bits per heavy atom. The number of hydrogen-bond donors (Lipinski definition) is 1. The summed E-state index contributed by atoms with van der Waals surface area (Å²) in [5, 5.41) is 11.4. The zero-order valence-corrected chi connectivity index (χ0v) is 18.5. The highest BCUT2D eigenvalue weighted by molar-refractivity contribution is 6.31. The minimum atomic E-state index is -0.414. The molecule has 0 spiro atoms. The van der Waals surface area contributed by atoms with Crippen molar-refractivity contribution in [3.05, 3.63) is 69.5 Å². The van der Waals surface area contributed by atoms with E-state index >= 15 is 0 Å². The summed E-state index contributed by atoms with van der Waals surface area (Å²) in [6, 6.07) is 11.3. The van der Waals surface area contributed by atoms with E-state index in [0.717, 1.165) is 57.2 Å². The maximum absolute atomic E-state index is 14.6. The van der Waals surface area contributed by atoms with Gasteiger partial charge in [0.05, 0.1) is 6.10 Å². The van der Waals surface area contributed by atoms with Gasteiger partial charge in [-0.05, 0) is 80.3 Å². The first-order valence-corrected chi connectivity index (χ1v) is 10.9. The molecule has 0 bridgehead atoms. The molecule has 29 heavy (non-hydrogen) atoms. The maximum Gasteiger partial charge on any atom is 0.129 e. The van der Waals surface area contributed by atoms with E-state index in [1.807, 2.05) is 6.07 Å². The van der Waals surface area contributed by atoms with Crippen LogP contribution in [0.5, 0.6) is 0 Å². The molecule has 0 amide bonds. The molecule has 1 aliphatic heterocycles. The lowest BCUT2D eigenvalue weighted by Crippen LogP contribution is -2.38. The van der Waals surface area contributed by atoms with Gasteiger partial charge in [-0.25, -0.2) is 4.39 Å². The van der Waals surface area contributed by atoms with Gasteiger partial charge in [-0.15, -0.1) is 12.4 Å². The molecule has 1 unspecified atom stereocenters. The molecule has 1 N–H and O–H groups in total. The van der Waals surface area contributed by atoms with Crippen LogP contribution in [0.25, 0.3) is 0 Å². The lowest BCUT2D eigenvalue weighted by Gasteiger charge is -2.38. The van der Waals surface area contributed by atoms with Gasteiger partial charge < -0.3 is 5.11 Å². The summed E-state index contributed by atoms with van der Waals surface area (Å²) in [5.74, 6) is 0.196. The van der Waals surface area contributed by atoms with Crippen molar-refractivity contribution in [1.82, 2.24) is 4.90 Å². The molecule has 2 aromatic rings. The Morgan fingerprint density at radius 2 is 1.93 bits per heavy atom. The second-order valence-electron chi connectivity index (χ2n) is 8.44. The van der Waals surface area contributed by atoms with Gasteiger partial charge in [0.1, 0.15) is 5.82 Å². The van der Waals surface area contributed by atoms with E-state index in [4.69, 9.17) is 11.6 Å². The minimum absolute atomic E-state index is 0. The summed E-state index contributed by atoms with van der Waals surface area (Å²) < 4.78 is 14.6. The molecule has 4 rings (SSSR count). The molecule has 1 aliphatic carbocycles. The van der Waals surface area contributed by atoms with Crippen molar-refractivity contribution in [1.29, 1.82) is 0 Å². The van der Waals surface area contributed by atoms with Crippen LogP contribution in [-0.4, -0.2) is 23.1 Å². The minimum Gasteiger partial charge on any atom is -0.388 e. The lowest BCUT2D eigenvalue weighted by molar-refractivity contribution is 0.0903. The molecular weight excluding hydrogens is 408 g/mol. The first-order chi connectivity index (χ1) is 13.5. The van der Waals surface area contributed by atoms with Crippen LogP contribution in [0.3, 0.4) is 0 Å². The third kappa shape index (κ3) is 4.80. The number of aliphatic hydroxyl groups excluding tert-OH is 1. The first-order valence-electron chi connectivity index (χ1n) is 10.5. The van der Waals surface area contributed by atoms with E-state index in [0.29, 0.717) is 16.5 Å². The molecule has 5 heteroatoms. The van der Waals surface area contributed by atoms with E-state index in [1.54, 1.807) is 12.1 Å². The first kappa shape index (κ1) is 22.6. The van der Waals surface area contributed by atoms with Gasteiger partial charge in [0.25, 0.3) is 0 Å². The fraction of sp³-hybridized carbons (Fsp3) is 0.500. The number of benzene rings is 2. The predicted octanol–water partition coefficient (Wildman–Crippen LogP) is 6.42. The van der Waals surface area contributed by atoms with Crippen molar-refractivity contribution in [2.45, 2.75) is 57.6 Å². The Balaban J connectivity index is 0.00000240. The van der Waals surface area contributed by atoms with Gasteiger partial charge in [-0.1, -0.05) is 42.3 Å². The van der Waals surface area contributed by atoms with Gasteiger partial charge in [0.2, 0.25) is 0 Å². The summed E-state index contributed by atoms with van der Waals surface area (Å²) in [6.07, 6.45) is 5.59. The van der Waals surface area contributed by atoms with Crippen molar-refractivity contribution in [2.75, 3.05) is 13.1 Å². The summed E-state index contributed by atoms with van der Waals surface area (Å²) in [4.78, 5) is 2.41. The topological polar surface area (TPSA) is 23.5 Å². The van der Waals surface area contributed by atoms with Crippen molar-refractivity contribution < 1.29 is 9.50 Å². The molecule has 1 fully saturated rings. The number of fused-ring (bicyclic) bond motifs is 1. The number of likely N-dealkylation sites (tertiary alicyclic amines) is 1. The number of hydrogen-bond acceptors (Lipinski definition) is 2. The Bertz CT molecular complexity index is 823. The Kier molecular flexibility index (Phi) is 7.61. The summed E-state index contributed by atoms with van der Waals surface area (Å²) in [7, 11) is 0. The van der Waals surface area contributed by atoms with Crippen LogP contribution in [0.4, 0.5) is 4.39 Å². The Hall–Kier alpha value is -1.13. The van der Waals surface area contributed by atoms with Gasteiger partial charge >= 0.3 is 0 Å². The van der Waals surface area contributed by atoms with Crippen LogP contribution in [0.15, 0.2) is 36.4 Å². The monoisotopic (exact) mass is 437 g/mol. The summed E-state index contributed by atoms with van der Waals surface area (Å²) >= 11 is 6.39. The standard InChI is InChI=1S/C24H29ClFNO.ClH/c1-16-6-4-7-19-18(16)12-11-17(14-23(19)28)15-27-13-3-2-10-22(27)24-20(25)8-5-9-21(24)26;/h4-9,17,22-23,28H,2-3,10-15H2,1H3;1H/t17-,22?,23-;/m1./s1. The van der Waals surface area contributed by atoms with Crippen molar-refractivity contribution in [2.24, 2.45) is 5.92 Å². The van der Waals surface area contributed by atoms with Crippen LogP contribution < -0.4 is 0 Å². The van der Waals surface area contributed by atoms with Gasteiger partial charge in [0.15, 0.2) is 0 Å². The van der Waals surface area contributed by atoms with Crippen molar-refractivity contribution >= 4 is 24.0 Å². The Labute approximate surface area is 184 Å². The molecule has 1 saturated heterocycles. The predicted molar refractivity (Wildman–Crippen MR) is 119 cm³/mol. The normalized spacial score (nSPS) is 25.0. The fourth-order valence-electron chi connectivity index (χ4n) is 5.15. The number of aryl methyl sites for hydroxylation is 1. The maximum atomic E-state index is 14.6. The average Bonchev–Trinajstić information content (AvgIpc) is 2.83. The molecule has 2 nitrogen and oxygen atoms in total. The van der Waals surface area contributed by atoms with Crippen LogP contribution in [0.2, 0.25) is 5.02 Å². The third-order valence-corrected chi connectivity index (χ3v) is 6.93. The molecule has 0 radical (unpaired) electrons. The molecule has 2 aromatic carbocycles. The highest BCUT2D eigenvalue weighted by Crippen LogP contribution is 2.39. The zero-order chi connectivity index (χ0) is 19.7. The average molecular weight is 438 g/mol. The molecule has 158 valence electrons. The van der Waals surface area contributed by atoms with Crippen LogP contribution in [0.1, 0.15) is 66.5 Å². The van der Waals surface area contributed by atoms with E-state index < -0.39 is 6.10 Å². The molecular formula is C24H30Cl2FNO. The number of rotatable bonds is 3. The van der Waals surface area contributed by atoms with Crippen LogP contribution in [0, 0.1) is 18.7 Å². The zero-order valence-electron chi connectivity index (χ0n) is 16.9. The van der Waals surface area contributed by atoms with E-state index in [-0.39, 0.29) is 24.3 Å². The number of halogens is 3. The second-order valence-corrected chi connectivity index (χ2v) is 8.85. The summed E-state index contributed by atoms with van der Waals surface area (Å²) in [5.41, 5.74) is 4.32. The number of aliphatic hydroxyl groups is 1. The van der Waals surface area contributed by atoms with E-state index in [2.05, 4.69) is 24.0 Å². The summed E-state index contributed by atoms with van der Waals surface area (Å²) in [6.45, 7) is 3.99. The van der Waals surface area contributed by atoms with Gasteiger partial charge in [0, 0.05) is 23.2 Å². The Morgan fingerprint density at radius 3 is 2.72 bits per heavy atom. The quantitative estimate of drug-likeness (QED) is 0.559. The van der Waals surface area contributed by atoms with Crippen LogP contribution in [-0.2, 0) is 6.42 Å². The molecule has 0 saturated carbocycles.